The number of carbonyl (C=O) groups excluding carboxylic acids is 2. The number of carbonyl (C=O) groups is 2. The Morgan fingerprint density at radius 3 is 2.58 bits per heavy atom. The van der Waals surface area contributed by atoms with E-state index in [1.54, 1.807) is 18.2 Å². The van der Waals surface area contributed by atoms with Gasteiger partial charge in [0.1, 0.15) is 0 Å². The number of halogens is 1. The molecule has 2 heterocycles. The number of aromatic hydroxyl groups is 1. The van der Waals surface area contributed by atoms with Crippen molar-refractivity contribution >= 4 is 30.7 Å². The van der Waals surface area contributed by atoms with E-state index in [1.165, 1.54) is 17.0 Å². The Labute approximate surface area is 223 Å². The number of para-hydroxylation sites is 1. The predicted molar refractivity (Wildman–Crippen MR) is 144 cm³/mol. The minimum atomic E-state index is -1.02. The van der Waals surface area contributed by atoms with Crippen LogP contribution in [0.25, 0.3) is 6.08 Å². The average molecular weight is 517 g/mol. The molecule has 2 amide bonds. The van der Waals surface area contributed by atoms with Crippen LogP contribution in [-0.2, 0) is 14.2 Å². The molecule has 5 rings (SSSR count). The Hall–Kier alpha value is -3.23. The lowest BCUT2D eigenvalue weighted by Gasteiger charge is -2.44. The summed E-state index contributed by atoms with van der Waals surface area (Å²) in [5.41, 5.74) is 4.44. The zero-order valence-corrected chi connectivity index (χ0v) is 21.9. The van der Waals surface area contributed by atoms with E-state index in [9.17, 15) is 24.1 Å². The molecule has 0 saturated carbocycles. The quantitative estimate of drug-likeness (QED) is 0.306. The van der Waals surface area contributed by atoms with Crippen molar-refractivity contribution in [2.75, 3.05) is 4.90 Å². The monoisotopic (exact) mass is 517 g/mol. The van der Waals surface area contributed by atoms with Gasteiger partial charge in [-0.05, 0) is 79.7 Å². The number of rotatable bonds is 6. The van der Waals surface area contributed by atoms with E-state index in [0.29, 0.717) is 30.5 Å². The topological polar surface area (TPSA) is 87.1 Å². The molecule has 2 aromatic rings. The second kappa shape index (κ2) is 10.5. The summed E-state index contributed by atoms with van der Waals surface area (Å²) in [5.74, 6) is -2.47. The third-order valence-electron chi connectivity index (χ3n) is 8.14. The molecule has 0 radical (unpaired) electrons. The molecule has 38 heavy (non-hydrogen) atoms. The first-order valence-corrected chi connectivity index (χ1v) is 13.3. The summed E-state index contributed by atoms with van der Waals surface area (Å²) in [4.78, 5) is 28.6. The minimum Gasteiger partial charge on any atom is -0.505 e. The van der Waals surface area contributed by atoms with Crippen LogP contribution in [0.15, 0.2) is 65.3 Å². The van der Waals surface area contributed by atoms with Crippen LogP contribution in [0.3, 0.4) is 0 Å². The Kier molecular flexibility index (Phi) is 7.29. The van der Waals surface area contributed by atoms with Crippen molar-refractivity contribution in [3.63, 3.8) is 0 Å². The van der Waals surface area contributed by atoms with Gasteiger partial charge in [0.05, 0.1) is 23.6 Å². The van der Waals surface area contributed by atoms with Gasteiger partial charge >= 0.3 is 7.12 Å². The summed E-state index contributed by atoms with van der Waals surface area (Å²) in [6.07, 6.45) is 3.51. The lowest BCUT2D eigenvalue weighted by Crippen LogP contribution is -2.46. The maximum absolute atomic E-state index is 13.8. The summed E-state index contributed by atoms with van der Waals surface area (Å²) in [5, 5.41) is 20.2. The number of hydrogen-bond donors (Lipinski definition) is 2. The van der Waals surface area contributed by atoms with Gasteiger partial charge in [0.2, 0.25) is 11.8 Å². The second-order valence-corrected chi connectivity index (χ2v) is 11.0. The SMILES string of the molecule is C/C(=C\c1ccc(O)c(F)c1)CC[C@H]1OB(O)C[C@H]2C1=C(C(C)C)C[C@H]1C(=O)N(c3ccccc3)C(=O)[C@H]12. The minimum absolute atomic E-state index is 0.166. The van der Waals surface area contributed by atoms with Crippen LogP contribution in [0, 0.1) is 29.5 Å². The van der Waals surface area contributed by atoms with Crippen molar-refractivity contribution in [2.24, 2.45) is 23.7 Å². The number of allylic oxidation sites excluding steroid dienone is 2. The number of amides is 2. The molecule has 2 fully saturated rings. The summed E-state index contributed by atoms with van der Waals surface area (Å²) in [7, 11) is -1.02. The van der Waals surface area contributed by atoms with Crippen LogP contribution < -0.4 is 4.90 Å². The van der Waals surface area contributed by atoms with Gasteiger partial charge in [-0.3, -0.25) is 14.5 Å². The Morgan fingerprint density at radius 1 is 1.16 bits per heavy atom. The highest BCUT2D eigenvalue weighted by molar-refractivity contribution is 6.43. The van der Waals surface area contributed by atoms with E-state index in [4.69, 9.17) is 4.65 Å². The molecular formula is C30H33BFNO5. The van der Waals surface area contributed by atoms with Crippen LogP contribution in [0.5, 0.6) is 5.75 Å². The van der Waals surface area contributed by atoms with Crippen molar-refractivity contribution in [2.45, 2.75) is 52.5 Å². The van der Waals surface area contributed by atoms with Gasteiger partial charge in [-0.2, -0.15) is 0 Å². The summed E-state index contributed by atoms with van der Waals surface area (Å²) in [6, 6.07) is 13.3. The molecule has 0 aromatic heterocycles. The average Bonchev–Trinajstić information content (AvgIpc) is 3.14. The third kappa shape index (κ3) is 4.83. The van der Waals surface area contributed by atoms with E-state index in [1.807, 2.05) is 31.2 Å². The van der Waals surface area contributed by atoms with Gasteiger partial charge in [-0.1, -0.05) is 55.3 Å². The van der Waals surface area contributed by atoms with Gasteiger partial charge in [0.15, 0.2) is 11.6 Å². The maximum Gasteiger partial charge on any atom is 0.455 e. The van der Waals surface area contributed by atoms with E-state index < -0.39 is 24.8 Å². The summed E-state index contributed by atoms with van der Waals surface area (Å²) >= 11 is 0. The number of benzene rings is 2. The molecule has 2 aromatic carbocycles. The first-order chi connectivity index (χ1) is 18.2. The highest BCUT2D eigenvalue weighted by Crippen LogP contribution is 2.52. The fourth-order valence-corrected chi connectivity index (χ4v) is 6.41. The zero-order chi connectivity index (χ0) is 27.1. The Morgan fingerprint density at radius 2 is 1.89 bits per heavy atom. The van der Waals surface area contributed by atoms with Crippen molar-refractivity contribution in [3.8, 4) is 5.75 Å². The van der Waals surface area contributed by atoms with E-state index in [2.05, 4.69) is 13.8 Å². The molecular weight excluding hydrogens is 484 g/mol. The molecule has 3 aliphatic rings. The molecule has 0 spiro atoms. The number of hydrogen-bond acceptors (Lipinski definition) is 5. The van der Waals surface area contributed by atoms with Crippen molar-refractivity contribution < 1.29 is 28.8 Å². The number of imide groups is 1. The third-order valence-corrected chi connectivity index (χ3v) is 8.14. The second-order valence-electron chi connectivity index (χ2n) is 11.0. The highest BCUT2D eigenvalue weighted by Gasteiger charge is 2.57. The number of phenolic OH excluding ortho intramolecular Hbond substituents is 1. The molecule has 0 bridgehead atoms. The Bertz CT molecular complexity index is 1310. The smallest absolute Gasteiger partial charge is 0.455 e. The lowest BCUT2D eigenvalue weighted by molar-refractivity contribution is -0.122. The molecule has 8 heteroatoms. The zero-order valence-electron chi connectivity index (χ0n) is 21.9. The van der Waals surface area contributed by atoms with Crippen LogP contribution in [-0.4, -0.2) is 35.2 Å². The first-order valence-electron chi connectivity index (χ1n) is 13.3. The van der Waals surface area contributed by atoms with E-state index in [-0.39, 0.29) is 41.8 Å². The molecule has 2 aliphatic heterocycles. The van der Waals surface area contributed by atoms with Crippen LogP contribution in [0.4, 0.5) is 10.1 Å². The molecule has 1 aliphatic carbocycles. The van der Waals surface area contributed by atoms with E-state index in [0.717, 1.165) is 16.7 Å². The van der Waals surface area contributed by atoms with Gasteiger partial charge in [0.25, 0.3) is 0 Å². The highest BCUT2D eigenvalue weighted by atomic mass is 19.1. The van der Waals surface area contributed by atoms with Crippen LogP contribution in [0.2, 0.25) is 6.32 Å². The number of phenols is 1. The van der Waals surface area contributed by atoms with Gasteiger partial charge in [0, 0.05) is 0 Å². The van der Waals surface area contributed by atoms with Crippen molar-refractivity contribution in [1.82, 2.24) is 0 Å². The van der Waals surface area contributed by atoms with Crippen molar-refractivity contribution in [1.29, 1.82) is 0 Å². The Balaban J connectivity index is 1.43. The van der Waals surface area contributed by atoms with Gasteiger partial charge in [-0.25, -0.2) is 4.39 Å². The number of nitrogens with zero attached hydrogens (tertiary/aromatic N) is 1. The predicted octanol–water partition coefficient (Wildman–Crippen LogP) is 5.37. The fraction of sp³-hybridized carbons (Fsp3) is 0.400. The first kappa shape index (κ1) is 26.4. The molecule has 4 atom stereocenters. The number of fused-ring (bicyclic) bond motifs is 3. The standard InChI is InChI=1S/C30H33BFNO5/c1-17(2)21-15-22-28(30(36)33(29(22)35)20-7-5-4-6-8-20)23-16-31(37)38-26(27(21)23)12-9-18(3)13-19-10-11-25(34)24(32)14-19/h4-8,10-11,13-14,17,22-23,26,28,34,37H,9,12,15-16H2,1-3H3/b18-13+/t22-,23+,26-,28-/m1/s1. The number of anilines is 1. The van der Waals surface area contributed by atoms with Crippen LogP contribution >= 0.6 is 0 Å². The van der Waals surface area contributed by atoms with Gasteiger partial charge in [-0.15, -0.1) is 0 Å². The molecule has 6 nitrogen and oxygen atoms in total. The molecule has 0 unspecified atom stereocenters. The van der Waals surface area contributed by atoms with Crippen LogP contribution in [0.1, 0.15) is 45.6 Å². The van der Waals surface area contributed by atoms with Crippen molar-refractivity contribution in [3.05, 3.63) is 76.6 Å². The molecule has 2 saturated heterocycles. The largest absolute Gasteiger partial charge is 0.505 e. The lowest BCUT2D eigenvalue weighted by atomic mass is 9.57. The summed E-state index contributed by atoms with van der Waals surface area (Å²) < 4.78 is 19.8. The molecule has 2 N–H and O–H groups in total. The fourth-order valence-electron chi connectivity index (χ4n) is 6.41. The maximum atomic E-state index is 13.8. The molecule has 198 valence electrons. The normalized spacial score (nSPS) is 25.8. The van der Waals surface area contributed by atoms with Gasteiger partial charge < -0.3 is 14.8 Å². The summed E-state index contributed by atoms with van der Waals surface area (Å²) in [6.45, 7) is 6.15. The van der Waals surface area contributed by atoms with E-state index >= 15 is 0 Å².